The summed E-state index contributed by atoms with van der Waals surface area (Å²) in [6.07, 6.45) is 5.46. The van der Waals surface area contributed by atoms with E-state index in [1.54, 1.807) is 13.3 Å². The monoisotopic (exact) mass is 424 g/mol. The van der Waals surface area contributed by atoms with Crippen LogP contribution in [0.2, 0.25) is 0 Å². The van der Waals surface area contributed by atoms with Gasteiger partial charge in [0.05, 0.1) is 30.4 Å². The molecule has 1 atom stereocenters. The van der Waals surface area contributed by atoms with Gasteiger partial charge in [-0.1, -0.05) is 38.1 Å². The third kappa shape index (κ3) is 4.11. The van der Waals surface area contributed by atoms with Crippen molar-refractivity contribution in [2.75, 3.05) is 7.11 Å². The summed E-state index contributed by atoms with van der Waals surface area (Å²) in [6, 6.07) is 18.8. The van der Waals surface area contributed by atoms with Gasteiger partial charge >= 0.3 is 0 Å². The fraction of sp³-hybridized carbons (Fsp3) is 0.259. The van der Waals surface area contributed by atoms with Crippen molar-refractivity contribution in [3.8, 4) is 28.1 Å². The van der Waals surface area contributed by atoms with Gasteiger partial charge in [0.1, 0.15) is 5.75 Å². The Labute approximate surface area is 189 Å². The molecule has 0 fully saturated rings. The maximum atomic E-state index is 5.31. The molecular weight excluding hydrogens is 396 g/mol. The van der Waals surface area contributed by atoms with E-state index in [0.29, 0.717) is 5.92 Å². The molecule has 0 saturated heterocycles. The fourth-order valence-electron chi connectivity index (χ4n) is 3.88. The zero-order valence-electron chi connectivity index (χ0n) is 19.2. The van der Waals surface area contributed by atoms with Gasteiger partial charge < -0.3 is 4.74 Å². The Morgan fingerprint density at radius 3 is 2.16 bits per heavy atom. The average molecular weight is 425 g/mol. The molecule has 0 radical (unpaired) electrons. The predicted molar refractivity (Wildman–Crippen MR) is 128 cm³/mol. The minimum absolute atomic E-state index is 0.233. The molecule has 0 spiro atoms. The lowest BCUT2D eigenvalue weighted by Gasteiger charge is -2.34. The van der Waals surface area contributed by atoms with Gasteiger partial charge in [0, 0.05) is 28.9 Å². The van der Waals surface area contributed by atoms with Crippen molar-refractivity contribution in [3.05, 3.63) is 90.1 Å². The van der Waals surface area contributed by atoms with Gasteiger partial charge in [-0.25, -0.2) is 0 Å². The highest BCUT2D eigenvalue weighted by atomic mass is 16.5. The number of ether oxygens (including phenoxy) is 1. The van der Waals surface area contributed by atoms with Crippen LogP contribution >= 0.6 is 0 Å². The Kier molecular flexibility index (Phi) is 5.99. The Morgan fingerprint density at radius 2 is 1.56 bits per heavy atom. The molecule has 1 unspecified atom stereocenters. The molecule has 0 aliphatic heterocycles. The van der Waals surface area contributed by atoms with Gasteiger partial charge in [0.15, 0.2) is 0 Å². The molecule has 0 amide bonds. The van der Waals surface area contributed by atoms with Crippen LogP contribution in [0.4, 0.5) is 0 Å². The lowest BCUT2D eigenvalue weighted by molar-refractivity contribution is 0.395. The van der Waals surface area contributed by atoms with Crippen LogP contribution in [0.3, 0.4) is 0 Å². The number of aromatic nitrogens is 4. The van der Waals surface area contributed by atoms with Crippen LogP contribution in [0.15, 0.2) is 73.2 Å². The molecular formula is C27H28N4O. The first kappa shape index (κ1) is 21.6. The van der Waals surface area contributed by atoms with E-state index < -0.39 is 0 Å². The molecule has 5 nitrogen and oxygen atoms in total. The number of benzene rings is 1. The lowest BCUT2D eigenvalue weighted by Crippen LogP contribution is -2.31. The second kappa shape index (κ2) is 8.87. The molecule has 162 valence electrons. The summed E-state index contributed by atoms with van der Waals surface area (Å²) in [4.78, 5) is 9.13. The standard InChI is InChI=1S/C27H28N4O/c1-18(2)27(4,26-13-9-21(16-29-26)25-12-6-19(3)30-31-25)23-10-7-20(8-11-23)22-14-24(32-5)17-28-15-22/h6-18H,1-5H3. The zero-order chi connectivity index (χ0) is 22.7. The highest BCUT2D eigenvalue weighted by Crippen LogP contribution is 2.39. The van der Waals surface area contributed by atoms with Gasteiger partial charge in [0.25, 0.3) is 0 Å². The van der Waals surface area contributed by atoms with Crippen LogP contribution in [0.1, 0.15) is 37.7 Å². The van der Waals surface area contributed by atoms with E-state index in [9.17, 15) is 0 Å². The molecule has 32 heavy (non-hydrogen) atoms. The van der Waals surface area contributed by atoms with Gasteiger partial charge in [-0.15, -0.1) is 0 Å². The molecule has 1 aromatic carbocycles. The van der Waals surface area contributed by atoms with Crippen molar-refractivity contribution in [2.45, 2.75) is 33.1 Å². The predicted octanol–water partition coefficient (Wildman–Crippen LogP) is 5.88. The third-order valence-electron chi connectivity index (χ3n) is 6.31. The maximum absolute atomic E-state index is 5.31. The van der Waals surface area contributed by atoms with Crippen LogP contribution < -0.4 is 4.74 Å². The maximum Gasteiger partial charge on any atom is 0.137 e. The van der Waals surface area contributed by atoms with Gasteiger partial charge in [-0.3, -0.25) is 9.97 Å². The number of nitrogens with zero attached hydrogens (tertiary/aromatic N) is 4. The first-order chi connectivity index (χ1) is 15.4. The Balaban J connectivity index is 1.66. The molecule has 0 bridgehead atoms. The van der Waals surface area contributed by atoms with Gasteiger partial charge in [0.2, 0.25) is 0 Å². The van der Waals surface area contributed by atoms with Crippen LogP contribution in [0, 0.1) is 12.8 Å². The average Bonchev–Trinajstić information content (AvgIpc) is 2.84. The summed E-state index contributed by atoms with van der Waals surface area (Å²) < 4.78 is 5.31. The molecule has 0 aliphatic rings. The van der Waals surface area contributed by atoms with E-state index in [4.69, 9.17) is 9.72 Å². The van der Waals surface area contributed by atoms with Crippen molar-refractivity contribution in [1.82, 2.24) is 20.2 Å². The molecule has 0 saturated carbocycles. The summed E-state index contributed by atoms with van der Waals surface area (Å²) in [5.41, 5.74) is 6.86. The number of rotatable bonds is 6. The zero-order valence-corrected chi connectivity index (χ0v) is 19.2. The third-order valence-corrected chi connectivity index (χ3v) is 6.31. The largest absolute Gasteiger partial charge is 0.495 e. The van der Waals surface area contributed by atoms with Crippen molar-refractivity contribution in [1.29, 1.82) is 0 Å². The Hall–Kier alpha value is -3.60. The fourth-order valence-corrected chi connectivity index (χ4v) is 3.88. The quantitative estimate of drug-likeness (QED) is 0.387. The van der Waals surface area contributed by atoms with E-state index in [0.717, 1.165) is 39.5 Å². The summed E-state index contributed by atoms with van der Waals surface area (Å²) in [7, 11) is 1.65. The van der Waals surface area contributed by atoms with E-state index in [-0.39, 0.29) is 5.41 Å². The number of hydrogen-bond donors (Lipinski definition) is 0. The minimum atomic E-state index is -0.233. The van der Waals surface area contributed by atoms with Crippen LogP contribution in [0.5, 0.6) is 5.75 Å². The van der Waals surface area contributed by atoms with Crippen LogP contribution in [-0.2, 0) is 5.41 Å². The Bertz CT molecular complexity index is 1190. The van der Waals surface area contributed by atoms with E-state index >= 15 is 0 Å². The van der Waals surface area contributed by atoms with Crippen LogP contribution in [-0.4, -0.2) is 27.3 Å². The van der Waals surface area contributed by atoms with Crippen molar-refractivity contribution < 1.29 is 4.74 Å². The first-order valence-electron chi connectivity index (χ1n) is 10.8. The highest BCUT2D eigenvalue weighted by Gasteiger charge is 2.34. The molecule has 3 heterocycles. The number of pyridine rings is 2. The van der Waals surface area contributed by atoms with E-state index in [1.165, 1.54) is 5.56 Å². The molecule has 0 aliphatic carbocycles. The number of hydrogen-bond acceptors (Lipinski definition) is 5. The molecule has 4 aromatic rings. The number of aryl methyl sites for hydroxylation is 1. The minimum Gasteiger partial charge on any atom is -0.495 e. The summed E-state index contributed by atoms with van der Waals surface area (Å²) in [5, 5.41) is 8.44. The van der Waals surface area contributed by atoms with Crippen LogP contribution in [0.25, 0.3) is 22.4 Å². The van der Waals surface area contributed by atoms with Crippen molar-refractivity contribution in [2.24, 2.45) is 5.92 Å². The lowest BCUT2D eigenvalue weighted by atomic mass is 9.70. The second-order valence-corrected chi connectivity index (χ2v) is 8.54. The number of methoxy groups -OCH3 is 1. The molecule has 3 aromatic heterocycles. The topological polar surface area (TPSA) is 60.8 Å². The normalized spacial score (nSPS) is 13.1. The SMILES string of the molecule is COc1cncc(-c2ccc(C(C)(c3ccc(-c4ccc(C)nn4)cn3)C(C)C)cc2)c1. The summed E-state index contributed by atoms with van der Waals surface area (Å²) in [5.74, 6) is 1.10. The molecule has 5 heteroatoms. The first-order valence-corrected chi connectivity index (χ1v) is 10.8. The second-order valence-electron chi connectivity index (χ2n) is 8.54. The summed E-state index contributed by atoms with van der Waals surface area (Å²) >= 11 is 0. The van der Waals surface area contributed by atoms with Gasteiger partial charge in [-0.05, 0) is 61.2 Å². The smallest absolute Gasteiger partial charge is 0.137 e. The van der Waals surface area contributed by atoms with E-state index in [1.807, 2.05) is 37.5 Å². The molecule has 4 rings (SSSR count). The molecule has 0 N–H and O–H groups in total. The summed E-state index contributed by atoms with van der Waals surface area (Å²) in [6.45, 7) is 8.66. The van der Waals surface area contributed by atoms with E-state index in [2.05, 4.69) is 72.4 Å². The van der Waals surface area contributed by atoms with Crippen molar-refractivity contribution in [3.63, 3.8) is 0 Å². The van der Waals surface area contributed by atoms with Crippen molar-refractivity contribution >= 4 is 0 Å². The van der Waals surface area contributed by atoms with Gasteiger partial charge in [-0.2, -0.15) is 10.2 Å². The Morgan fingerprint density at radius 1 is 0.812 bits per heavy atom. The highest BCUT2D eigenvalue weighted by molar-refractivity contribution is 5.65.